The number of halogens is 1. The van der Waals surface area contributed by atoms with Crippen molar-refractivity contribution in [1.29, 1.82) is 0 Å². The molecule has 0 spiro atoms. The fourth-order valence-corrected chi connectivity index (χ4v) is 2.49. The van der Waals surface area contributed by atoms with Crippen molar-refractivity contribution in [3.63, 3.8) is 0 Å². The predicted octanol–water partition coefficient (Wildman–Crippen LogP) is 2.45. The fourth-order valence-electron chi connectivity index (χ4n) is 2.29. The van der Waals surface area contributed by atoms with Crippen molar-refractivity contribution in [2.24, 2.45) is 0 Å². The van der Waals surface area contributed by atoms with Gasteiger partial charge in [0.25, 0.3) is 5.91 Å². The number of carbonyl (C=O) groups is 2. The first kappa shape index (κ1) is 13.0. The Morgan fingerprint density at radius 3 is 2.50 bits per heavy atom. The van der Waals surface area contributed by atoms with Gasteiger partial charge in [-0.2, -0.15) is 0 Å². The number of nitrogens with one attached hydrogen (secondary N) is 1. The quantitative estimate of drug-likeness (QED) is 0.885. The minimum absolute atomic E-state index is 0.0242. The lowest BCUT2D eigenvalue weighted by molar-refractivity contribution is -0.145. The number of carbonyl (C=O) groups excluding carboxylic acids is 1. The SMILES string of the molecule is O=C(NC1(C(=O)O)CCCCC1)c1ccoc1Cl. The summed E-state index contributed by atoms with van der Waals surface area (Å²) in [6.45, 7) is 0. The van der Waals surface area contributed by atoms with Gasteiger partial charge in [0.15, 0.2) is 0 Å². The second kappa shape index (κ2) is 5.02. The zero-order valence-electron chi connectivity index (χ0n) is 9.74. The van der Waals surface area contributed by atoms with Crippen LogP contribution in [-0.2, 0) is 4.79 Å². The molecule has 0 aliphatic heterocycles. The van der Waals surface area contributed by atoms with Crippen LogP contribution in [0.5, 0.6) is 0 Å². The Kier molecular flexibility index (Phi) is 3.61. The van der Waals surface area contributed by atoms with E-state index in [9.17, 15) is 14.7 Å². The molecule has 1 saturated carbocycles. The molecule has 6 heteroatoms. The molecule has 2 rings (SSSR count). The molecule has 1 aromatic rings. The molecule has 0 unspecified atom stereocenters. The molecule has 1 aliphatic carbocycles. The van der Waals surface area contributed by atoms with Crippen molar-refractivity contribution in [1.82, 2.24) is 5.32 Å². The lowest BCUT2D eigenvalue weighted by Gasteiger charge is -2.33. The largest absolute Gasteiger partial charge is 0.480 e. The van der Waals surface area contributed by atoms with E-state index in [-0.39, 0.29) is 10.8 Å². The van der Waals surface area contributed by atoms with Crippen LogP contribution < -0.4 is 5.32 Å². The summed E-state index contributed by atoms with van der Waals surface area (Å²) in [4.78, 5) is 23.4. The molecule has 5 nitrogen and oxygen atoms in total. The van der Waals surface area contributed by atoms with Gasteiger partial charge in [-0.1, -0.05) is 19.3 Å². The summed E-state index contributed by atoms with van der Waals surface area (Å²) < 4.78 is 4.83. The Morgan fingerprint density at radius 1 is 1.33 bits per heavy atom. The molecule has 0 saturated heterocycles. The smallest absolute Gasteiger partial charge is 0.329 e. The van der Waals surface area contributed by atoms with Gasteiger partial charge in [-0.25, -0.2) is 4.79 Å². The Bertz CT molecular complexity index is 462. The van der Waals surface area contributed by atoms with Crippen LogP contribution in [0.2, 0.25) is 5.22 Å². The highest BCUT2D eigenvalue weighted by atomic mass is 35.5. The Labute approximate surface area is 109 Å². The average molecular weight is 272 g/mol. The molecule has 1 fully saturated rings. The highest BCUT2D eigenvalue weighted by Gasteiger charge is 2.41. The summed E-state index contributed by atoms with van der Waals surface area (Å²) in [5.41, 5.74) is -1.00. The van der Waals surface area contributed by atoms with Gasteiger partial charge in [-0.05, 0) is 30.5 Å². The lowest BCUT2D eigenvalue weighted by Crippen LogP contribution is -2.55. The summed E-state index contributed by atoms with van der Waals surface area (Å²) in [7, 11) is 0. The van der Waals surface area contributed by atoms with E-state index < -0.39 is 17.4 Å². The van der Waals surface area contributed by atoms with E-state index in [0.717, 1.165) is 19.3 Å². The Balaban J connectivity index is 2.17. The van der Waals surface area contributed by atoms with Crippen molar-refractivity contribution in [3.8, 4) is 0 Å². The summed E-state index contributed by atoms with van der Waals surface area (Å²) in [6, 6.07) is 1.43. The Morgan fingerprint density at radius 2 is 2.00 bits per heavy atom. The molecular formula is C12H14ClNO4. The number of carboxylic acid groups (broad SMARTS) is 1. The topological polar surface area (TPSA) is 79.5 Å². The molecule has 18 heavy (non-hydrogen) atoms. The van der Waals surface area contributed by atoms with Crippen LogP contribution in [0, 0.1) is 0 Å². The van der Waals surface area contributed by atoms with Crippen LogP contribution in [0.1, 0.15) is 42.5 Å². The monoisotopic (exact) mass is 271 g/mol. The molecule has 1 heterocycles. The van der Waals surface area contributed by atoms with Crippen LogP contribution in [0.15, 0.2) is 16.7 Å². The number of hydrogen-bond acceptors (Lipinski definition) is 3. The van der Waals surface area contributed by atoms with Crippen LogP contribution in [-0.4, -0.2) is 22.5 Å². The highest BCUT2D eigenvalue weighted by Crippen LogP contribution is 2.29. The lowest BCUT2D eigenvalue weighted by atomic mass is 9.81. The molecule has 1 aromatic heterocycles. The van der Waals surface area contributed by atoms with Gasteiger partial charge < -0.3 is 14.8 Å². The zero-order valence-corrected chi connectivity index (χ0v) is 10.5. The molecule has 0 atom stereocenters. The van der Waals surface area contributed by atoms with E-state index in [0.29, 0.717) is 12.8 Å². The first-order valence-electron chi connectivity index (χ1n) is 5.84. The maximum atomic E-state index is 12.0. The predicted molar refractivity (Wildman–Crippen MR) is 64.6 cm³/mol. The van der Waals surface area contributed by atoms with Crippen molar-refractivity contribution < 1.29 is 19.1 Å². The van der Waals surface area contributed by atoms with Crippen LogP contribution in [0.25, 0.3) is 0 Å². The molecule has 1 aliphatic rings. The molecule has 1 amide bonds. The first-order chi connectivity index (χ1) is 8.55. The number of carboxylic acids is 1. The minimum atomic E-state index is -1.17. The maximum Gasteiger partial charge on any atom is 0.329 e. The van der Waals surface area contributed by atoms with E-state index in [1.54, 1.807) is 0 Å². The number of amides is 1. The second-order valence-electron chi connectivity index (χ2n) is 4.51. The van der Waals surface area contributed by atoms with Gasteiger partial charge >= 0.3 is 5.97 Å². The molecule has 2 N–H and O–H groups in total. The van der Waals surface area contributed by atoms with Gasteiger partial charge in [0, 0.05) is 0 Å². The normalized spacial score (nSPS) is 18.3. The van der Waals surface area contributed by atoms with Gasteiger partial charge in [0.2, 0.25) is 5.22 Å². The van der Waals surface area contributed by atoms with Crippen molar-refractivity contribution >= 4 is 23.5 Å². The van der Waals surface area contributed by atoms with Gasteiger partial charge in [-0.15, -0.1) is 0 Å². The van der Waals surface area contributed by atoms with E-state index in [1.807, 2.05) is 0 Å². The molecule has 0 bridgehead atoms. The van der Waals surface area contributed by atoms with E-state index in [1.165, 1.54) is 12.3 Å². The standard InChI is InChI=1S/C12H14ClNO4/c13-9-8(4-7-18-9)10(15)14-12(11(16)17)5-2-1-3-6-12/h4,7H,1-3,5-6H2,(H,14,15)(H,16,17). The highest BCUT2D eigenvalue weighted by molar-refractivity contribution is 6.32. The third kappa shape index (κ3) is 2.36. The summed E-state index contributed by atoms with van der Waals surface area (Å²) in [5.74, 6) is -1.49. The molecular weight excluding hydrogens is 258 g/mol. The number of aliphatic carboxylic acids is 1. The molecule has 0 radical (unpaired) electrons. The first-order valence-corrected chi connectivity index (χ1v) is 6.22. The average Bonchev–Trinajstić information content (AvgIpc) is 2.76. The maximum absolute atomic E-state index is 12.0. The van der Waals surface area contributed by atoms with Gasteiger partial charge in [-0.3, -0.25) is 4.79 Å². The van der Waals surface area contributed by atoms with Crippen LogP contribution in [0.4, 0.5) is 0 Å². The van der Waals surface area contributed by atoms with E-state index in [2.05, 4.69) is 5.32 Å². The van der Waals surface area contributed by atoms with Crippen molar-refractivity contribution in [2.75, 3.05) is 0 Å². The number of hydrogen-bond donors (Lipinski definition) is 2. The fraction of sp³-hybridized carbons (Fsp3) is 0.500. The molecule has 0 aromatic carbocycles. The van der Waals surface area contributed by atoms with Gasteiger partial charge in [0.05, 0.1) is 11.8 Å². The third-order valence-corrected chi connectivity index (χ3v) is 3.62. The van der Waals surface area contributed by atoms with E-state index >= 15 is 0 Å². The number of rotatable bonds is 3. The van der Waals surface area contributed by atoms with Crippen LogP contribution >= 0.6 is 11.6 Å². The van der Waals surface area contributed by atoms with Gasteiger partial charge in [0.1, 0.15) is 5.54 Å². The van der Waals surface area contributed by atoms with E-state index in [4.69, 9.17) is 16.0 Å². The second-order valence-corrected chi connectivity index (χ2v) is 4.85. The summed E-state index contributed by atoms with van der Waals surface area (Å²) >= 11 is 5.70. The van der Waals surface area contributed by atoms with Crippen molar-refractivity contribution in [2.45, 2.75) is 37.6 Å². The third-order valence-electron chi connectivity index (χ3n) is 3.33. The zero-order chi connectivity index (χ0) is 13.2. The molecule has 98 valence electrons. The summed E-state index contributed by atoms with van der Waals surface area (Å²) in [5, 5.41) is 11.9. The Hall–Kier alpha value is -1.49. The van der Waals surface area contributed by atoms with Crippen molar-refractivity contribution in [3.05, 3.63) is 23.1 Å². The van der Waals surface area contributed by atoms with Crippen LogP contribution in [0.3, 0.4) is 0 Å². The minimum Gasteiger partial charge on any atom is -0.480 e. The number of furan rings is 1. The summed E-state index contributed by atoms with van der Waals surface area (Å²) in [6.07, 6.45) is 4.79.